The van der Waals surface area contributed by atoms with Crippen molar-refractivity contribution in [2.45, 2.75) is 58.4 Å². The number of carboxylic acids is 1. The first kappa shape index (κ1) is 15.8. The number of carbonyl (C=O) groups is 2. The molecule has 1 aliphatic rings. The minimum Gasteiger partial charge on any atom is -0.481 e. The highest BCUT2D eigenvalue weighted by atomic mass is 16.4. The SMILES string of the molecule is CC(C)CCC1CCCC1NC(=O)NCCC(=O)O. The van der Waals surface area contributed by atoms with Crippen molar-refractivity contribution >= 4 is 12.0 Å². The summed E-state index contributed by atoms with van der Waals surface area (Å²) >= 11 is 0. The third kappa shape index (κ3) is 6.45. The van der Waals surface area contributed by atoms with Crippen molar-refractivity contribution in [2.24, 2.45) is 11.8 Å². The van der Waals surface area contributed by atoms with Crippen LogP contribution < -0.4 is 10.6 Å². The van der Waals surface area contributed by atoms with Crippen molar-refractivity contribution in [3.63, 3.8) is 0 Å². The van der Waals surface area contributed by atoms with Gasteiger partial charge in [-0.05, 0) is 31.1 Å². The van der Waals surface area contributed by atoms with E-state index in [0.29, 0.717) is 11.8 Å². The summed E-state index contributed by atoms with van der Waals surface area (Å²) in [6.45, 7) is 4.62. The lowest BCUT2D eigenvalue weighted by molar-refractivity contribution is -0.136. The van der Waals surface area contributed by atoms with Crippen LogP contribution in [0.5, 0.6) is 0 Å². The Labute approximate surface area is 115 Å². The van der Waals surface area contributed by atoms with Crippen LogP contribution in [0.4, 0.5) is 4.79 Å². The van der Waals surface area contributed by atoms with Gasteiger partial charge in [0.1, 0.15) is 0 Å². The van der Waals surface area contributed by atoms with Gasteiger partial charge in [0.15, 0.2) is 0 Å². The van der Waals surface area contributed by atoms with Crippen molar-refractivity contribution < 1.29 is 14.7 Å². The Hall–Kier alpha value is -1.26. The van der Waals surface area contributed by atoms with Crippen molar-refractivity contribution in [2.75, 3.05) is 6.54 Å². The summed E-state index contributed by atoms with van der Waals surface area (Å²) in [5.41, 5.74) is 0. The molecular weight excluding hydrogens is 244 g/mol. The molecule has 1 rings (SSSR count). The van der Waals surface area contributed by atoms with Gasteiger partial charge in [-0.2, -0.15) is 0 Å². The predicted octanol–water partition coefficient (Wildman–Crippen LogP) is 2.37. The Bertz CT molecular complexity index is 305. The third-order valence-electron chi connectivity index (χ3n) is 3.71. The number of rotatable bonds is 7. The zero-order valence-electron chi connectivity index (χ0n) is 11.9. The molecule has 2 atom stereocenters. The molecule has 5 nitrogen and oxygen atoms in total. The summed E-state index contributed by atoms with van der Waals surface area (Å²) < 4.78 is 0. The highest BCUT2D eigenvalue weighted by Gasteiger charge is 2.28. The van der Waals surface area contributed by atoms with Crippen LogP contribution in [-0.4, -0.2) is 29.7 Å². The van der Waals surface area contributed by atoms with Crippen LogP contribution in [-0.2, 0) is 4.79 Å². The molecule has 0 bridgehead atoms. The minimum absolute atomic E-state index is 0.0329. The first-order valence-corrected chi connectivity index (χ1v) is 7.25. The van der Waals surface area contributed by atoms with Crippen molar-refractivity contribution in [1.29, 1.82) is 0 Å². The Morgan fingerprint density at radius 2 is 2.05 bits per heavy atom. The second kappa shape index (κ2) is 8.02. The molecule has 0 heterocycles. The number of nitrogens with one attached hydrogen (secondary N) is 2. The molecule has 0 aromatic heterocycles. The van der Waals surface area contributed by atoms with Crippen LogP contribution in [0.15, 0.2) is 0 Å². The fraction of sp³-hybridized carbons (Fsp3) is 0.857. The minimum atomic E-state index is -0.893. The van der Waals surface area contributed by atoms with Gasteiger partial charge in [-0.15, -0.1) is 0 Å². The van der Waals surface area contributed by atoms with Gasteiger partial charge in [0, 0.05) is 12.6 Å². The van der Waals surface area contributed by atoms with E-state index in [9.17, 15) is 9.59 Å². The summed E-state index contributed by atoms with van der Waals surface area (Å²) in [7, 11) is 0. The normalized spacial score (nSPS) is 22.5. The highest BCUT2D eigenvalue weighted by molar-refractivity contribution is 5.75. The number of urea groups is 1. The molecule has 3 N–H and O–H groups in total. The first-order valence-electron chi connectivity index (χ1n) is 7.25. The standard InChI is InChI=1S/C14H26N2O3/c1-10(2)6-7-11-4-3-5-12(11)16-14(19)15-9-8-13(17)18/h10-12H,3-9H2,1-2H3,(H,17,18)(H2,15,16,19). The Kier molecular flexibility index (Phi) is 6.67. The number of amides is 2. The number of carbonyl (C=O) groups excluding carboxylic acids is 1. The number of aliphatic carboxylic acids is 1. The maximum atomic E-state index is 11.6. The van der Waals surface area contributed by atoms with Crippen molar-refractivity contribution in [3.8, 4) is 0 Å². The molecular formula is C14H26N2O3. The first-order chi connectivity index (χ1) is 8.99. The maximum absolute atomic E-state index is 11.6. The predicted molar refractivity (Wildman–Crippen MR) is 74.0 cm³/mol. The third-order valence-corrected chi connectivity index (χ3v) is 3.71. The van der Waals surface area contributed by atoms with Gasteiger partial charge < -0.3 is 15.7 Å². The van der Waals surface area contributed by atoms with Crippen molar-refractivity contribution in [1.82, 2.24) is 10.6 Å². The van der Waals surface area contributed by atoms with Gasteiger partial charge in [0.25, 0.3) is 0 Å². The smallest absolute Gasteiger partial charge is 0.315 e. The van der Waals surface area contributed by atoms with Crippen LogP contribution in [0, 0.1) is 11.8 Å². The van der Waals surface area contributed by atoms with Gasteiger partial charge in [0.2, 0.25) is 0 Å². The topological polar surface area (TPSA) is 78.4 Å². The quantitative estimate of drug-likeness (QED) is 0.664. The number of hydrogen-bond donors (Lipinski definition) is 3. The van der Waals surface area contributed by atoms with Gasteiger partial charge in [-0.1, -0.05) is 26.7 Å². The molecule has 5 heteroatoms. The van der Waals surface area contributed by atoms with Gasteiger partial charge >= 0.3 is 12.0 Å². The van der Waals surface area contributed by atoms with E-state index in [4.69, 9.17) is 5.11 Å². The summed E-state index contributed by atoms with van der Waals surface area (Å²) in [5, 5.41) is 14.1. The lowest BCUT2D eigenvalue weighted by atomic mass is 9.94. The average Bonchev–Trinajstić information content (AvgIpc) is 2.73. The van der Waals surface area contributed by atoms with Gasteiger partial charge in [-0.3, -0.25) is 4.79 Å². The summed E-state index contributed by atoms with van der Waals surface area (Å²) in [4.78, 5) is 22.0. The van der Waals surface area contributed by atoms with E-state index in [1.54, 1.807) is 0 Å². The van der Waals surface area contributed by atoms with E-state index < -0.39 is 5.97 Å². The largest absolute Gasteiger partial charge is 0.481 e. The fourth-order valence-electron chi connectivity index (χ4n) is 2.62. The van der Waals surface area contributed by atoms with E-state index in [1.807, 2.05) is 0 Å². The lowest BCUT2D eigenvalue weighted by Gasteiger charge is -2.21. The van der Waals surface area contributed by atoms with Gasteiger partial charge in [0.05, 0.1) is 6.42 Å². The Morgan fingerprint density at radius 3 is 2.68 bits per heavy atom. The molecule has 1 aliphatic carbocycles. The van der Waals surface area contributed by atoms with Crippen LogP contribution in [0.25, 0.3) is 0 Å². The van der Waals surface area contributed by atoms with Crippen LogP contribution >= 0.6 is 0 Å². The summed E-state index contributed by atoms with van der Waals surface area (Å²) in [6.07, 6.45) is 5.72. The van der Waals surface area contributed by atoms with E-state index in [-0.39, 0.29) is 25.0 Å². The lowest BCUT2D eigenvalue weighted by Crippen LogP contribution is -2.44. The summed E-state index contributed by atoms with van der Waals surface area (Å²) in [5.74, 6) is 0.384. The zero-order valence-corrected chi connectivity index (χ0v) is 11.9. The molecule has 0 saturated heterocycles. The molecule has 0 aromatic carbocycles. The van der Waals surface area contributed by atoms with Crippen molar-refractivity contribution in [3.05, 3.63) is 0 Å². The Balaban J connectivity index is 2.25. The molecule has 0 spiro atoms. The fourth-order valence-corrected chi connectivity index (χ4v) is 2.62. The number of hydrogen-bond acceptors (Lipinski definition) is 2. The molecule has 19 heavy (non-hydrogen) atoms. The molecule has 110 valence electrons. The Morgan fingerprint density at radius 1 is 1.32 bits per heavy atom. The van der Waals surface area contributed by atoms with E-state index in [0.717, 1.165) is 12.8 Å². The van der Waals surface area contributed by atoms with Crippen LogP contribution in [0.3, 0.4) is 0 Å². The maximum Gasteiger partial charge on any atom is 0.315 e. The van der Waals surface area contributed by atoms with Gasteiger partial charge in [-0.25, -0.2) is 4.79 Å². The molecule has 1 fully saturated rings. The molecule has 2 unspecified atom stereocenters. The second-order valence-electron chi connectivity index (χ2n) is 5.81. The average molecular weight is 270 g/mol. The van der Waals surface area contributed by atoms with E-state index >= 15 is 0 Å². The molecule has 0 radical (unpaired) electrons. The molecule has 1 saturated carbocycles. The molecule has 2 amide bonds. The molecule has 0 aromatic rings. The van der Waals surface area contributed by atoms with Crippen LogP contribution in [0.1, 0.15) is 52.4 Å². The van der Waals surface area contributed by atoms with E-state index in [1.165, 1.54) is 19.3 Å². The zero-order chi connectivity index (χ0) is 14.3. The monoisotopic (exact) mass is 270 g/mol. The second-order valence-corrected chi connectivity index (χ2v) is 5.81. The summed E-state index contributed by atoms with van der Waals surface area (Å²) in [6, 6.07) is 0.0197. The highest BCUT2D eigenvalue weighted by Crippen LogP contribution is 2.30. The van der Waals surface area contributed by atoms with Crippen LogP contribution in [0.2, 0.25) is 0 Å². The number of carboxylic acid groups (broad SMARTS) is 1. The van der Waals surface area contributed by atoms with E-state index in [2.05, 4.69) is 24.5 Å². The molecule has 0 aliphatic heterocycles.